The summed E-state index contributed by atoms with van der Waals surface area (Å²) in [6.45, 7) is -3.01. The van der Waals surface area contributed by atoms with Crippen LogP contribution in [0.25, 0.3) is 0 Å². The lowest BCUT2D eigenvalue weighted by atomic mass is 9.84. The summed E-state index contributed by atoms with van der Waals surface area (Å²) in [6.07, 6.45) is 0.508. The second-order valence-electron chi connectivity index (χ2n) is 2.74. The minimum Gasteiger partial charge on any atom is -0.449 e. The molecular formula is C7H8BF3N-. The van der Waals surface area contributed by atoms with Crippen molar-refractivity contribution in [1.82, 2.24) is 4.98 Å². The van der Waals surface area contributed by atoms with Crippen molar-refractivity contribution in [2.45, 2.75) is 13.2 Å². The Bertz CT molecular complexity index is 272. The summed E-state index contributed by atoms with van der Waals surface area (Å²) in [5.41, 5.74) is 0.905. The van der Waals surface area contributed by atoms with E-state index in [1.54, 1.807) is 13.0 Å². The molecule has 1 heterocycles. The van der Waals surface area contributed by atoms with Crippen LogP contribution in [0.2, 0.25) is 0 Å². The summed E-state index contributed by atoms with van der Waals surface area (Å²) < 4.78 is 35.7. The van der Waals surface area contributed by atoms with Crippen LogP contribution in [0.1, 0.15) is 11.3 Å². The summed E-state index contributed by atoms with van der Waals surface area (Å²) in [5, 5.41) is 0. The number of hydrogen-bond acceptors (Lipinski definition) is 1. The maximum atomic E-state index is 11.9. The first kappa shape index (κ1) is 9.10. The Morgan fingerprint density at radius 2 is 2.08 bits per heavy atom. The highest BCUT2D eigenvalue weighted by Gasteiger charge is 2.23. The molecule has 0 radical (unpaired) electrons. The third-order valence-corrected chi connectivity index (χ3v) is 1.41. The Balaban J connectivity index is 2.77. The molecule has 0 amide bonds. The second kappa shape index (κ2) is 3.17. The molecule has 0 aliphatic carbocycles. The van der Waals surface area contributed by atoms with Crippen LogP contribution in [0.15, 0.2) is 18.3 Å². The van der Waals surface area contributed by atoms with Gasteiger partial charge in [-0.2, -0.15) is 0 Å². The smallest absolute Gasteiger partial charge is 0.449 e. The van der Waals surface area contributed by atoms with E-state index in [9.17, 15) is 12.9 Å². The zero-order chi connectivity index (χ0) is 9.19. The standard InChI is InChI=1S/C7H8BF3N/c1-6-2-3-12-7(4-6)5-8(9,10)11/h2-4H,5H2,1H3/q-1. The monoisotopic (exact) mass is 174 g/mol. The van der Waals surface area contributed by atoms with Gasteiger partial charge in [0.25, 0.3) is 0 Å². The van der Waals surface area contributed by atoms with E-state index < -0.39 is 13.3 Å². The van der Waals surface area contributed by atoms with Crippen molar-refractivity contribution in [2.24, 2.45) is 0 Å². The largest absolute Gasteiger partial charge is 0.484 e. The van der Waals surface area contributed by atoms with Crippen molar-refractivity contribution >= 4 is 6.98 Å². The molecule has 12 heavy (non-hydrogen) atoms. The number of halogens is 3. The molecule has 0 fully saturated rings. The van der Waals surface area contributed by atoms with Gasteiger partial charge in [0.2, 0.25) is 0 Å². The lowest BCUT2D eigenvalue weighted by molar-refractivity contribution is 0.467. The Hall–Kier alpha value is -0.995. The van der Waals surface area contributed by atoms with Crippen molar-refractivity contribution in [3.05, 3.63) is 29.6 Å². The first-order chi connectivity index (χ1) is 5.47. The van der Waals surface area contributed by atoms with Gasteiger partial charge in [-0.25, -0.2) is 0 Å². The normalized spacial score (nSPS) is 11.7. The highest BCUT2D eigenvalue weighted by atomic mass is 19.4. The first-order valence-corrected chi connectivity index (χ1v) is 3.60. The Morgan fingerprint density at radius 1 is 1.42 bits per heavy atom. The molecule has 0 bridgehead atoms. The Kier molecular flexibility index (Phi) is 2.40. The molecule has 0 aliphatic heterocycles. The van der Waals surface area contributed by atoms with Gasteiger partial charge in [-0.05, 0) is 30.9 Å². The summed E-state index contributed by atoms with van der Waals surface area (Å²) in [5.74, 6) is 0. The molecule has 1 aromatic rings. The summed E-state index contributed by atoms with van der Waals surface area (Å²) in [7, 11) is 0. The van der Waals surface area contributed by atoms with Crippen molar-refractivity contribution in [3.63, 3.8) is 0 Å². The van der Waals surface area contributed by atoms with E-state index in [0.717, 1.165) is 5.56 Å². The maximum absolute atomic E-state index is 11.9. The van der Waals surface area contributed by atoms with Gasteiger partial charge in [-0.15, -0.1) is 0 Å². The van der Waals surface area contributed by atoms with E-state index in [0.29, 0.717) is 0 Å². The quantitative estimate of drug-likeness (QED) is 0.626. The molecule has 0 spiro atoms. The van der Waals surface area contributed by atoms with Gasteiger partial charge in [0.15, 0.2) is 0 Å². The van der Waals surface area contributed by atoms with Crippen LogP contribution in [0.5, 0.6) is 0 Å². The SMILES string of the molecule is Cc1ccnc(C[B-](F)(F)F)c1. The van der Waals surface area contributed by atoms with Gasteiger partial charge < -0.3 is 12.9 Å². The molecule has 0 saturated heterocycles. The molecule has 0 aromatic carbocycles. The van der Waals surface area contributed by atoms with Crippen LogP contribution in [0.4, 0.5) is 12.9 Å². The number of pyridine rings is 1. The summed E-state index contributed by atoms with van der Waals surface area (Å²) in [4.78, 5) is 3.62. The number of aryl methyl sites for hydroxylation is 1. The topological polar surface area (TPSA) is 12.9 Å². The predicted molar refractivity (Wildman–Crippen MR) is 41.8 cm³/mol. The second-order valence-corrected chi connectivity index (χ2v) is 2.74. The van der Waals surface area contributed by atoms with Crippen molar-refractivity contribution in [1.29, 1.82) is 0 Å². The van der Waals surface area contributed by atoms with E-state index in [1.165, 1.54) is 12.3 Å². The molecule has 66 valence electrons. The zero-order valence-electron chi connectivity index (χ0n) is 6.60. The average molecular weight is 174 g/mol. The van der Waals surface area contributed by atoms with E-state index in [1.807, 2.05) is 0 Å². The number of aromatic nitrogens is 1. The summed E-state index contributed by atoms with van der Waals surface area (Å²) in [6, 6.07) is 3.13. The lowest BCUT2D eigenvalue weighted by Gasteiger charge is -2.12. The average Bonchev–Trinajstić information content (AvgIpc) is 1.82. The minimum atomic E-state index is -4.76. The third kappa shape index (κ3) is 2.94. The van der Waals surface area contributed by atoms with Crippen molar-refractivity contribution < 1.29 is 12.9 Å². The molecule has 0 saturated carbocycles. The molecular weight excluding hydrogens is 166 g/mol. The van der Waals surface area contributed by atoms with Gasteiger partial charge in [-0.3, -0.25) is 4.98 Å². The van der Waals surface area contributed by atoms with Crippen LogP contribution in [-0.2, 0) is 6.32 Å². The van der Waals surface area contributed by atoms with Gasteiger partial charge in [0.05, 0.1) is 0 Å². The number of hydrogen-bond donors (Lipinski definition) is 0. The van der Waals surface area contributed by atoms with Crippen molar-refractivity contribution in [2.75, 3.05) is 0 Å². The van der Waals surface area contributed by atoms with Gasteiger partial charge in [0.1, 0.15) is 0 Å². The van der Waals surface area contributed by atoms with Crippen LogP contribution in [0.3, 0.4) is 0 Å². The van der Waals surface area contributed by atoms with Gasteiger partial charge in [-0.1, -0.05) is 0 Å². The molecule has 1 nitrogen and oxygen atoms in total. The van der Waals surface area contributed by atoms with E-state index in [2.05, 4.69) is 4.98 Å². The lowest BCUT2D eigenvalue weighted by Crippen LogP contribution is -2.20. The fraction of sp³-hybridized carbons (Fsp3) is 0.286. The Labute approximate surface area is 68.7 Å². The third-order valence-electron chi connectivity index (χ3n) is 1.41. The highest BCUT2D eigenvalue weighted by Crippen LogP contribution is 2.14. The van der Waals surface area contributed by atoms with Gasteiger partial charge in [0, 0.05) is 11.9 Å². The molecule has 5 heteroatoms. The molecule has 0 aliphatic rings. The molecule has 1 rings (SSSR count). The Morgan fingerprint density at radius 3 is 2.58 bits per heavy atom. The van der Waals surface area contributed by atoms with Gasteiger partial charge >= 0.3 is 6.98 Å². The van der Waals surface area contributed by atoms with Crippen LogP contribution < -0.4 is 0 Å². The van der Waals surface area contributed by atoms with E-state index in [-0.39, 0.29) is 5.69 Å². The minimum absolute atomic E-state index is 0.0995. The van der Waals surface area contributed by atoms with Crippen LogP contribution >= 0.6 is 0 Å². The molecule has 1 aromatic heterocycles. The number of rotatable bonds is 2. The van der Waals surface area contributed by atoms with E-state index in [4.69, 9.17) is 0 Å². The molecule has 0 atom stereocenters. The van der Waals surface area contributed by atoms with Crippen LogP contribution in [0, 0.1) is 6.92 Å². The van der Waals surface area contributed by atoms with Crippen LogP contribution in [-0.4, -0.2) is 12.0 Å². The van der Waals surface area contributed by atoms with E-state index >= 15 is 0 Å². The fourth-order valence-electron chi connectivity index (χ4n) is 0.948. The maximum Gasteiger partial charge on any atom is 0.484 e. The van der Waals surface area contributed by atoms with Crippen molar-refractivity contribution in [3.8, 4) is 0 Å². The fourth-order valence-corrected chi connectivity index (χ4v) is 0.948. The molecule has 0 N–H and O–H groups in total. The predicted octanol–water partition coefficient (Wildman–Crippen LogP) is 2.32. The highest BCUT2D eigenvalue weighted by molar-refractivity contribution is 6.57. The summed E-state index contributed by atoms with van der Waals surface area (Å²) >= 11 is 0. The zero-order valence-corrected chi connectivity index (χ0v) is 6.60. The number of nitrogens with zero attached hydrogens (tertiary/aromatic N) is 1. The first-order valence-electron chi connectivity index (χ1n) is 3.60. The molecule has 0 unspecified atom stereocenters.